The Morgan fingerprint density at radius 2 is 0.905 bits per heavy atom. The Morgan fingerprint density at radius 1 is 0.333 bits per heavy atom. The van der Waals surface area contributed by atoms with Crippen LogP contribution in [-0.2, 0) is 10.8 Å². The molecule has 0 aromatic heterocycles. The molecule has 10 aromatic carbocycles. The molecule has 1 heteroatoms. The highest BCUT2D eigenvalue weighted by Gasteiger charge is 2.46. The van der Waals surface area contributed by atoms with Crippen LogP contribution in [-0.4, -0.2) is 0 Å². The number of benzene rings is 10. The van der Waals surface area contributed by atoms with Crippen molar-refractivity contribution in [2.45, 2.75) is 24.7 Å². The van der Waals surface area contributed by atoms with E-state index in [1.807, 2.05) is 0 Å². The van der Waals surface area contributed by atoms with Crippen LogP contribution < -0.4 is 4.90 Å². The molecule has 0 saturated carbocycles. The number of anilines is 3. The van der Waals surface area contributed by atoms with Crippen LogP contribution in [0.4, 0.5) is 17.1 Å². The van der Waals surface area contributed by atoms with Gasteiger partial charge in [-0.05, 0) is 119 Å². The molecule has 0 unspecified atom stereocenters. The van der Waals surface area contributed by atoms with E-state index in [-0.39, 0.29) is 5.41 Å². The van der Waals surface area contributed by atoms with Gasteiger partial charge >= 0.3 is 0 Å². The zero-order chi connectivity index (χ0) is 42.1. The fourth-order valence-corrected chi connectivity index (χ4v) is 11.2. The van der Waals surface area contributed by atoms with Crippen molar-refractivity contribution in [1.29, 1.82) is 0 Å². The van der Waals surface area contributed by atoms with Gasteiger partial charge in [0.05, 0.1) is 11.1 Å². The molecule has 0 bridgehead atoms. The maximum absolute atomic E-state index is 2.51. The summed E-state index contributed by atoms with van der Waals surface area (Å²) in [5.41, 5.74) is 20.7. The molecular formula is C62H45N. The van der Waals surface area contributed by atoms with Crippen LogP contribution in [0.1, 0.15) is 47.2 Å². The fourth-order valence-electron chi connectivity index (χ4n) is 11.2. The predicted octanol–water partition coefficient (Wildman–Crippen LogP) is 16.3. The summed E-state index contributed by atoms with van der Waals surface area (Å²) in [6.07, 6.45) is 0. The number of hydrogen-bond acceptors (Lipinski definition) is 1. The van der Waals surface area contributed by atoms with Gasteiger partial charge in [-0.1, -0.05) is 214 Å². The van der Waals surface area contributed by atoms with E-state index in [1.165, 1.54) is 94.3 Å². The minimum absolute atomic E-state index is 0.109. The lowest BCUT2D eigenvalue weighted by atomic mass is 9.67. The maximum Gasteiger partial charge on any atom is 0.0713 e. The molecule has 0 N–H and O–H groups in total. The highest BCUT2D eigenvalue weighted by molar-refractivity contribution is 6.05. The molecule has 1 nitrogen and oxygen atoms in total. The second-order valence-corrected chi connectivity index (χ2v) is 17.6. The summed E-state index contributed by atoms with van der Waals surface area (Å²) in [6, 6.07) is 87.8. The summed E-state index contributed by atoms with van der Waals surface area (Å²) in [5, 5.41) is 2.46. The van der Waals surface area contributed by atoms with Crippen molar-refractivity contribution >= 4 is 27.8 Å². The topological polar surface area (TPSA) is 3.24 Å². The van der Waals surface area contributed by atoms with Crippen LogP contribution in [0.15, 0.2) is 237 Å². The molecule has 2 aliphatic carbocycles. The highest BCUT2D eigenvalue weighted by Crippen LogP contribution is 2.58. The van der Waals surface area contributed by atoms with E-state index in [1.54, 1.807) is 0 Å². The molecule has 0 radical (unpaired) electrons. The second kappa shape index (κ2) is 14.4. The van der Waals surface area contributed by atoms with Crippen molar-refractivity contribution in [3.8, 4) is 44.5 Å². The van der Waals surface area contributed by atoms with E-state index in [0.29, 0.717) is 0 Å². The molecule has 63 heavy (non-hydrogen) atoms. The molecule has 298 valence electrons. The van der Waals surface area contributed by atoms with Gasteiger partial charge in [0.15, 0.2) is 0 Å². The maximum atomic E-state index is 2.51. The lowest BCUT2D eigenvalue weighted by Gasteiger charge is -2.34. The number of rotatable bonds is 7. The van der Waals surface area contributed by atoms with Crippen LogP contribution in [0.3, 0.4) is 0 Å². The molecule has 12 rings (SSSR count). The standard InChI is InChI=1S/C62H45N/c1-61(2)54-32-16-15-31-53(54)60-56(61)34-19-35-58(60)63(47-26-10-5-11-27-47)48-28-18-21-43(40-48)50-38-36-42-20-12-13-29-49(42)59(50)44-37-39-52-51-30-14-17-33-55(51)62(57(52)41-44,45-22-6-3-7-23-45)46-24-8-4-9-25-46/h3-41H,1-2H3. The van der Waals surface area contributed by atoms with E-state index in [4.69, 9.17) is 0 Å². The largest absolute Gasteiger partial charge is 0.310 e. The van der Waals surface area contributed by atoms with Crippen molar-refractivity contribution in [2.24, 2.45) is 0 Å². The van der Waals surface area contributed by atoms with Gasteiger partial charge in [-0.25, -0.2) is 0 Å². The van der Waals surface area contributed by atoms with Gasteiger partial charge in [-0.15, -0.1) is 0 Å². The lowest BCUT2D eigenvalue weighted by Crippen LogP contribution is -2.28. The first-order valence-corrected chi connectivity index (χ1v) is 22.1. The van der Waals surface area contributed by atoms with E-state index < -0.39 is 5.41 Å². The fraction of sp³-hybridized carbons (Fsp3) is 0.0645. The van der Waals surface area contributed by atoms with Crippen molar-refractivity contribution in [2.75, 3.05) is 4.90 Å². The van der Waals surface area contributed by atoms with Crippen molar-refractivity contribution in [1.82, 2.24) is 0 Å². The summed E-state index contributed by atoms with van der Waals surface area (Å²) in [4.78, 5) is 2.46. The molecule has 0 amide bonds. The summed E-state index contributed by atoms with van der Waals surface area (Å²) in [6.45, 7) is 4.72. The number of para-hydroxylation sites is 1. The van der Waals surface area contributed by atoms with Crippen molar-refractivity contribution < 1.29 is 0 Å². The van der Waals surface area contributed by atoms with Gasteiger partial charge in [0, 0.05) is 22.4 Å². The summed E-state index contributed by atoms with van der Waals surface area (Å²) < 4.78 is 0. The molecular weight excluding hydrogens is 759 g/mol. The highest BCUT2D eigenvalue weighted by atomic mass is 15.1. The normalized spacial score (nSPS) is 13.8. The zero-order valence-corrected chi connectivity index (χ0v) is 35.5. The van der Waals surface area contributed by atoms with Crippen LogP contribution in [0.2, 0.25) is 0 Å². The van der Waals surface area contributed by atoms with E-state index >= 15 is 0 Å². The van der Waals surface area contributed by atoms with Crippen molar-refractivity contribution in [3.05, 3.63) is 270 Å². The summed E-state index contributed by atoms with van der Waals surface area (Å²) in [7, 11) is 0. The first-order chi connectivity index (χ1) is 31.0. The van der Waals surface area contributed by atoms with Crippen LogP contribution in [0.25, 0.3) is 55.3 Å². The molecule has 10 aromatic rings. The SMILES string of the molecule is CC1(C)c2ccccc2-c2c(N(c3ccccc3)c3cccc(-c4ccc5ccccc5c4-c4ccc5c(c4)C(c4ccccc4)(c4ccccc4)c4ccccc4-5)c3)cccc21. The molecule has 0 saturated heterocycles. The summed E-state index contributed by atoms with van der Waals surface area (Å²) >= 11 is 0. The third-order valence-corrected chi connectivity index (χ3v) is 13.9. The molecule has 0 aliphatic heterocycles. The zero-order valence-electron chi connectivity index (χ0n) is 35.5. The monoisotopic (exact) mass is 803 g/mol. The average molecular weight is 804 g/mol. The number of fused-ring (bicyclic) bond motifs is 7. The summed E-state index contributed by atoms with van der Waals surface area (Å²) in [5.74, 6) is 0. The quantitative estimate of drug-likeness (QED) is 0.155. The third kappa shape index (κ3) is 5.56. The van der Waals surface area contributed by atoms with E-state index in [2.05, 4.69) is 255 Å². The van der Waals surface area contributed by atoms with Crippen LogP contribution >= 0.6 is 0 Å². The molecule has 2 aliphatic rings. The van der Waals surface area contributed by atoms with Gasteiger partial charge in [0.25, 0.3) is 0 Å². The minimum Gasteiger partial charge on any atom is -0.310 e. The number of nitrogens with zero attached hydrogens (tertiary/aromatic N) is 1. The van der Waals surface area contributed by atoms with Gasteiger partial charge < -0.3 is 4.90 Å². The Labute approximate surface area is 370 Å². The van der Waals surface area contributed by atoms with Gasteiger partial charge in [0.2, 0.25) is 0 Å². The van der Waals surface area contributed by atoms with Crippen LogP contribution in [0.5, 0.6) is 0 Å². The molecule has 0 fully saturated rings. The molecule has 0 heterocycles. The van der Waals surface area contributed by atoms with E-state index in [0.717, 1.165) is 11.4 Å². The Bertz CT molecular complexity index is 3320. The number of hydrogen-bond donors (Lipinski definition) is 0. The minimum atomic E-state index is -0.492. The Kier molecular flexibility index (Phi) is 8.49. The van der Waals surface area contributed by atoms with E-state index in [9.17, 15) is 0 Å². The third-order valence-electron chi connectivity index (χ3n) is 13.9. The Morgan fingerprint density at radius 3 is 1.67 bits per heavy atom. The predicted molar refractivity (Wildman–Crippen MR) is 264 cm³/mol. The van der Waals surface area contributed by atoms with Gasteiger partial charge in [0.1, 0.15) is 0 Å². The van der Waals surface area contributed by atoms with Crippen molar-refractivity contribution in [3.63, 3.8) is 0 Å². The smallest absolute Gasteiger partial charge is 0.0713 e. The molecule has 0 spiro atoms. The Balaban J connectivity index is 1.09. The Hall–Kier alpha value is -7.74. The molecule has 0 atom stereocenters. The second-order valence-electron chi connectivity index (χ2n) is 17.6. The van der Waals surface area contributed by atoms with Gasteiger partial charge in [-0.3, -0.25) is 0 Å². The average Bonchev–Trinajstić information content (AvgIpc) is 3.78. The lowest BCUT2D eigenvalue weighted by molar-refractivity contribution is 0.660. The first kappa shape index (κ1) is 37.1. The first-order valence-electron chi connectivity index (χ1n) is 22.1. The van der Waals surface area contributed by atoms with Gasteiger partial charge in [-0.2, -0.15) is 0 Å². The van der Waals surface area contributed by atoms with Crippen LogP contribution in [0, 0.1) is 0 Å².